The Labute approximate surface area is 232 Å². The number of rotatable bonds is 13. The van der Waals surface area contributed by atoms with Crippen molar-refractivity contribution in [2.75, 3.05) is 18.9 Å². The van der Waals surface area contributed by atoms with Crippen LogP contribution in [0, 0.1) is 5.92 Å². The number of allylic oxidation sites excluding steroid dienone is 1. The Hall–Kier alpha value is -2.44. The number of amides is 1. The van der Waals surface area contributed by atoms with Crippen molar-refractivity contribution in [3.63, 3.8) is 0 Å². The molecule has 3 rings (SSSR count). The van der Waals surface area contributed by atoms with Crippen LogP contribution >= 0.6 is 7.37 Å². The first-order valence-electron chi connectivity index (χ1n) is 14.3. The van der Waals surface area contributed by atoms with Gasteiger partial charge in [0.25, 0.3) is 0 Å². The van der Waals surface area contributed by atoms with Gasteiger partial charge in [0.2, 0.25) is 19.6 Å². The lowest BCUT2D eigenvalue weighted by Crippen LogP contribution is -2.42. The molecule has 0 bridgehead atoms. The second-order valence-electron chi connectivity index (χ2n) is 11.0. The van der Waals surface area contributed by atoms with E-state index in [0.29, 0.717) is 12.8 Å². The summed E-state index contributed by atoms with van der Waals surface area (Å²) in [6.45, 7) is 5.54. The molecule has 1 N–H and O–H groups in total. The SMILES string of the molecule is CCC(=O)OC(OP(=O)(CCCCc1ccccc1)CC(=O)N1CC(=C2CCCCC2)C[C@H]1C(=O)O)C(C)C. The number of hydrogen-bond donors (Lipinski definition) is 1. The van der Waals surface area contributed by atoms with Crippen LogP contribution in [0.3, 0.4) is 0 Å². The van der Waals surface area contributed by atoms with Crippen LogP contribution in [0.5, 0.6) is 0 Å². The van der Waals surface area contributed by atoms with Crippen LogP contribution in [0.2, 0.25) is 0 Å². The minimum Gasteiger partial charge on any atom is -0.480 e. The van der Waals surface area contributed by atoms with E-state index in [0.717, 1.165) is 44.1 Å². The van der Waals surface area contributed by atoms with Gasteiger partial charge in [-0.2, -0.15) is 0 Å². The van der Waals surface area contributed by atoms with Gasteiger partial charge in [0.1, 0.15) is 12.2 Å². The van der Waals surface area contributed by atoms with Gasteiger partial charge in [-0.25, -0.2) is 4.79 Å². The normalized spacial score (nSPS) is 20.1. The second-order valence-corrected chi connectivity index (χ2v) is 13.7. The van der Waals surface area contributed by atoms with E-state index >= 15 is 0 Å². The molecule has 3 atom stereocenters. The lowest BCUT2D eigenvalue weighted by molar-refractivity contribution is -0.169. The largest absolute Gasteiger partial charge is 0.480 e. The van der Waals surface area contributed by atoms with Crippen LogP contribution in [0.25, 0.3) is 0 Å². The minimum absolute atomic E-state index is 0.151. The van der Waals surface area contributed by atoms with E-state index in [9.17, 15) is 24.1 Å². The topological polar surface area (TPSA) is 110 Å². The van der Waals surface area contributed by atoms with Gasteiger partial charge >= 0.3 is 11.9 Å². The lowest BCUT2D eigenvalue weighted by atomic mass is 9.90. The van der Waals surface area contributed by atoms with Crippen LogP contribution in [0.4, 0.5) is 0 Å². The molecule has 0 spiro atoms. The van der Waals surface area contributed by atoms with E-state index < -0.39 is 43.7 Å². The number of likely N-dealkylation sites (tertiary alicyclic amines) is 1. The van der Waals surface area contributed by atoms with Gasteiger partial charge in [-0.3, -0.25) is 18.7 Å². The van der Waals surface area contributed by atoms with Gasteiger partial charge in [0.15, 0.2) is 0 Å². The van der Waals surface area contributed by atoms with E-state index in [1.54, 1.807) is 20.8 Å². The predicted molar refractivity (Wildman–Crippen MR) is 151 cm³/mol. The van der Waals surface area contributed by atoms with Crippen LogP contribution in [-0.2, 0) is 34.6 Å². The fourth-order valence-corrected chi connectivity index (χ4v) is 7.57. The maximum atomic E-state index is 14.2. The molecule has 8 nitrogen and oxygen atoms in total. The van der Waals surface area contributed by atoms with Gasteiger partial charge in [-0.05, 0) is 56.1 Å². The van der Waals surface area contributed by atoms with Crippen molar-refractivity contribution in [1.82, 2.24) is 4.90 Å². The number of aliphatic carboxylic acids is 1. The molecule has 216 valence electrons. The maximum Gasteiger partial charge on any atom is 0.326 e. The van der Waals surface area contributed by atoms with E-state index in [2.05, 4.69) is 0 Å². The molecule has 1 saturated carbocycles. The van der Waals surface area contributed by atoms with Crippen molar-refractivity contribution in [3.8, 4) is 0 Å². The summed E-state index contributed by atoms with van der Waals surface area (Å²) in [5.74, 6) is -2.27. The summed E-state index contributed by atoms with van der Waals surface area (Å²) in [4.78, 5) is 39.1. The molecule has 9 heteroatoms. The Morgan fingerprint density at radius 2 is 1.74 bits per heavy atom. The number of carboxylic acid groups (broad SMARTS) is 1. The standard InChI is InChI=1S/C30H44NO7P/c1-4-28(33)37-30(22(2)3)38-39(36,18-12-11-15-23-13-7-5-8-14-23)21-27(32)31-20-25(19-26(31)29(34)35)24-16-9-6-10-17-24/h5,7-8,13-14,22,26,30H,4,6,9-12,15-21H2,1-3H3,(H,34,35)/t26-,30?,39?/m0/s1. The van der Waals surface area contributed by atoms with Crippen LogP contribution in [0.15, 0.2) is 41.5 Å². The highest BCUT2D eigenvalue weighted by Crippen LogP contribution is 2.50. The fraction of sp³-hybridized carbons (Fsp3) is 0.633. The Balaban J connectivity index is 1.76. The number of carbonyl (C=O) groups excluding carboxylic acids is 2. The Bertz CT molecular complexity index is 1060. The molecule has 1 amide bonds. The first-order chi connectivity index (χ1) is 18.6. The summed E-state index contributed by atoms with van der Waals surface area (Å²) in [7, 11) is -3.61. The summed E-state index contributed by atoms with van der Waals surface area (Å²) in [5, 5.41) is 9.90. The van der Waals surface area contributed by atoms with Gasteiger partial charge in [-0.15, -0.1) is 0 Å². The molecule has 0 radical (unpaired) electrons. The smallest absolute Gasteiger partial charge is 0.326 e. The molecule has 1 heterocycles. The average molecular weight is 562 g/mol. The summed E-state index contributed by atoms with van der Waals surface area (Å²) < 4.78 is 25.6. The van der Waals surface area contributed by atoms with E-state index in [4.69, 9.17) is 9.26 Å². The van der Waals surface area contributed by atoms with E-state index in [1.165, 1.54) is 22.5 Å². The first-order valence-corrected chi connectivity index (χ1v) is 16.3. The first kappa shape index (κ1) is 31.1. The highest BCUT2D eigenvalue weighted by atomic mass is 31.2. The van der Waals surface area contributed by atoms with Crippen molar-refractivity contribution < 1.29 is 33.3 Å². The number of hydrogen-bond acceptors (Lipinski definition) is 6. The zero-order valence-corrected chi connectivity index (χ0v) is 24.5. The van der Waals surface area contributed by atoms with Crippen molar-refractivity contribution >= 4 is 25.2 Å². The summed E-state index contributed by atoms with van der Waals surface area (Å²) >= 11 is 0. The van der Waals surface area contributed by atoms with E-state index in [1.807, 2.05) is 30.3 Å². The number of esters is 1. The summed E-state index contributed by atoms with van der Waals surface area (Å²) in [6, 6.07) is 9.02. The number of ether oxygens (including phenoxy) is 1. The Kier molecular flexibility index (Phi) is 11.8. The predicted octanol–water partition coefficient (Wildman–Crippen LogP) is 6.19. The highest BCUT2D eigenvalue weighted by molar-refractivity contribution is 7.59. The molecule has 1 aliphatic heterocycles. The van der Waals surface area contributed by atoms with Crippen molar-refractivity contribution in [3.05, 3.63) is 47.0 Å². The number of benzene rings is 1. The van der Waals surface area contributed by atoms with Crippen LogP contribution in [0.1, 0.15) is 84.1 Å². The van der Waals surface area contributed by atoms with Crippen molar-refractivity contribution in [2.45, 2.75) is 97.3 Å². The third kappa shape index (κ3) is 9.32. The highest BCUT2D eigenvalue weighted by Gasteiger charge is 2.41. The molecule has 1 saturated heterocycles. The Morgan fingerprint density at radius 3 is 2.36 bits per heavy atom. The molecule has 2 aliphatic rings. The second kappa shape index (κ2) is 14.8. The number of unbranched alkanes of at least 4 members (excludes halogenated alkanes) is 1. The number of carbonyl (C=O) groups is 3. The number of carboxylic acids is 1. The Morgan fingerprint density at radius 1 is 1.05 bits per heavy atom. The molecular formula is C30H44NO7P. The van der Waals surface area contributed by atoms with Crippen molar-refractivity contribution in [2.24, 2.45) is 5.92 Å². The average Bonchev–Trinajstić information content (AvgIpc) is 3.38. The van der Waals surface area contributed by atoms with Crippen LogP contribution < -0.4 is 0 Å². The third-order valence-corrected chi connectivity index (χ3v) is 9.89. The van der Waals surface area contributed by atoms with Crippen LogP contribution in [-0.4, -0.2) is 59.1 Å². The molecule has 2 unspecified atom stereocenters. The monoisotopic (exact) mass is 561 g/mol. The molecule has 1 aliphatic carbocycles. The van der Waals surface area contributed by atoms with E-state index in [-0.39, 0.29) is 25.0 Å². The molecule has 2 fully saturated rings. The minimum atomic E-state index is -3.61. The molecule has 0 aromatic heterocycles. The van der Waals surface area contributed by atoms with Gasteiger partial charge in [-0.1, -0.05) is 63.1 Å². The maximum absolute atomic E-state index is 14.2. The molecule has 39 heavy (non-hydrogen) atoms. The molecule has 1 aromatic rings. The zero-order valence-electron chi connectivity index (χ0n) is 23.6. The van der Waals surface area contributed by atoms with Gasteiger partial charge in [0, 0.05) is 31.5 Å². The quantitative estimate of drug-likeness (QED) is 0.101. The van der Waals surface area contributed by atoms with Gasteiger partial charge in [0.05, 0.1) is 0 Å². The zero-order chi connectivity index (χ0) is 28.4. The number of nitrogens with zero attached hydrogens (tertiary/aromatic N) is 1. The van der Waals surface area contributed by atoms with Gasteiger partial charge < -0.3 is 14.7 Å². The lowest BCUT2D eigenvalue weighted by Gasteiger charge is -2.29. The number of aryl methyl sites for hydroxylation is 1. The molecular weight excluding hydrogens is 517 g/mol. The summed E-state index contributed by atoms with van der Waals surface area (Å²) in [6.07, 6.45) is 6.54. The molecule has 1 aromatic carbocycles. The third-order valence-electron chi connectivity index (χ3n) is 7.55. The van der Waals surface area contributed by atoms with Crippen molar-refractivity contribution in [1.29, 1.82) is 0 Å². The summed E-state index contributed by atoms with van der Waals surface area (Å²) in [5.41, 5.74) is 3.48. The fourth-order valence-electron chi connectivity index (χ4n) is 5.27.